The monoisotopic (exact) mass is 207 g/mol. The van der Waals surface area contributed by atoms with Crippen LogP contribution in [0.4, 0.5) is 0 Å². The predicted molar refractivity (Wildman–Crippen MR) is 63.7 cm³/mol. The van der Waals surface area contributed by atoms with Crippen LogP contribution in [0.15, 0.2) is 24.4 Å². The van der Waals surface area contributed by atoms with Gasteiger partial charge in [-0.15, -0.1) is 0 Å². The number of hydrogen-bond donors (Lipinski definition) is 1. The van der Waals surface area contributed by atoms with E-state index in [1.807, 2.05) is 18.3 Å². The molecule has 0 saturated carbocycles. The van der Waals surface area contributed by atoms with Gasteiger partial charge in [-0.05, 0) is 31.6 Å². The Hall–Kier alpha value is -0.930. The standard InChI is InChI=1S/C12H21N3/c1-11(9-13)10-15(2)8-6-12-5-3-4-7-14-12/h3-5,7,11H,6,8-10,13H2,1-2H3. The smallest absolute Gasteiger partial charge is 0.0416 e. The zero-order chi connectivity index (χ0) is 11.1. The molecule has 0 aliphatic carbocycles. The first-order valence-corrected chi connectivity index (χ1v) is 5.51. The fourth-order valence-electron chi connectivity index (χ4n) is 1.55. The summed E-state index contributed by atoms with van der Waals surface area (Å²) < 4.78 is 0. The topological polar surface area (TPSA) is 42.1 Å². The third-order valence-corrected chi connectivity index (χ3v) is 2.50. The summed E-state index contributed by atoms with van der Waals surface area (Å²) >= 11 is 0. The Morgan fingerprint density at radius 3 is 2.87 bits per heavy atom. The van der Waals surface area contributed by atoms with Gasteiger partial charge in [-0.3, -0.25) is 4.98 Å². The number of likely N-dealkylation sites (N-methyl/N-ethyl adjacent to an activating group) is 1. The number of nitrogens with zero attached hydrogens (tertiary/aromatic N) is 2. The Morgan fingerprint density at radius 1 is 1.47 bits per heavy atom. The van der Waals surface area contributed by atoms with Crippen LogP contribution in [0, 0.1) is 5.92 Å². The molecule has 1 atom stereocenters. The molecule has 1 aromatic rings. The lowest BCUT2D eigenvalue weighted by atomic mass is 10.1. The van der Waals surface area contributed by atoms with E-state index in [-0.39, 0.29) is 0 Å². The van der Waals surface area contributed by atoms with Gasteiger partial charge in [0.25, 0.3) is 0 Å². The minimum atomic E-state index is 0.568. The number of hydrogen-bond acceptors (Lipinski definition) is 3. The summed E-state index contributed by atoms with van der Waals surface area (Å²) in [5, 5.41) is 0. The molecule has 0 amide bonds. The van der Waals surface area contributed by atoms with Crippen molar-refractivity contribution in [1.82, 2.24) is 9.88 Å². The van der Waals surface area contributed by atoms with Gasteiger partial charge >= 0.3 is 0 Å². The summed E-state index contributed by atoms with van der Waals surface area (Å²) in [4.78, 5) is 6.61. The molecule has 3 heteroatoms. The van der Waals surface area contributed by atoms with Crippen LogP contribution < -0.4 is 5.73 Å². The van der Waals surface area contributed by atoms with Crippen LogP contribution >= 0.6 is 0 Å². The van der Waals surface area contributed by atoms with Gasteiger partial charge in [0.1, 0.15) is 0 Å². The summed E-state index contributed by atoms with van der Waals surface area (Å²) in [6.45, 7) is 5.04. The molecule has 2 N–H and O–H groups in total. The lowest BCUT2D eigenvalue weighted by molar-refractivity contribution is 0.291. The molecule has 0 fully saturated rings. The second-order valence-corrected chi connectivity index (χ2v) is 4.17. The molecule has 15 heavy (non-hydrogen) atoms. The number of nitrogens with two attached hydrogens (primary N) is 1. The fourth-order valence-corrected chi connectivity index (χ4v) is 1.55. The molecule has 0 aliphatic rings. The van der Waals surface area contributed by atoms with E-state index in [9.17, 15) is 0 Å². The highest BCUT2D eigenvalue weighted by Crippen LogP contribution is 1.99. The molecule has 84 valence electrons. The summed E-state index contributed by atoms with van der Waals surface area (Å²) in [5.74, 6) is 0.568. The van der Waals surface area contributed by atoms with Gasteiger partial charge in [0.15, 0.2) is 0 Å². The first-order valence-electron chi connectivity index (χ1n) is 5.51. The molecule has 0 radical (unpaired) electrons. The molecule has 0 aliphatic heterocycles. The molecule has 0 saturated heterocycles. The molecule has 0 spiro atoms. The molecule has 0 aromatic carbocycles. The van der Waals surface area contributed by atoms with E-state index in [1.54, 1.807) is 0 Å². The minimum absolute atomic E-state index is 0.568. The Balaban J connectivity index is 2.25. The molecule has 3 nitrogen and oxygen atoms in total. The van der Waals surface area contributed by atoms with Crippen molar-refractivity contribution in [1.29, 1.82) is 0 Å². The van der Waals surface area contributed by atoms with Crippen LogP contribution in [-0.2, 0) is 6.42 Å². The van der Waals surface area contributed by atoms with Crippen LogP contribution in [0.3, 0.4) is 0 Å². The number of pyridine rings is 1. The van der Waals surface area contributed by atoms with Crippen LogP contribution in [0.2, 0.25) is 0 Å². The molecule has 1 aromatic heterocycles. The van der Waals surface area contributed by atoms with Gasteiger partial charge in [-0.25, -0.2) is 0 Å². The van der Waals surface area contributed by atoms with Crippen molar-refractivity contribution in [2.75, 3.05) is 26.7 Å². The summed E-state index contributed by atoms with van der Waals surface area (Å²) in [6.07, 6.45) is 2.85. The Kier molecular flexibility index (Phi) is 5.29. The van der Waals surface area contributed by atoms with Crippen molar-refractivity contribution in [2.45, 2.75) is 13.3 Å². The average Bonchev–Trinajstić information content (AvgIpc) is 2.27. The largest absolute Gasteiger partial charge is 0.330 e. The van der Waals surface area contributed by atoms with Crippen molar-refractivity contribution in [3.05, 3.63) is 30.1 Å². The highest BCUT2D eigenvalue weighted by molar-refractivity contribution is 5.03. The van der Waals surface area contributed by atoms with Crippen molar-refractivity contribution < 1.29 is 0 Å². The normalized spacial score (nSPS) is 13.1. The van der Waals surface area contributed by atoms with E-state index in [4.69, 9.17) is 5.73 Å². The fraction of sp³-hybridized carbons (Fsp3) is 0.583. The maximum atomic E-state index is 5.59. The van der Waals surface area contributed by atoms with Crippen LogP contribution in [0.1, 0.15) is 12.6 Å². The average molecular weight is 207 g/mol. The van der Waals surface area contributed by atoms with Gasteiger partial charge in [0, 0.05) is 31.4 Å². The van der Waals surface area contributed by atoms with E-state index in [2.05, 4.69) is 29.9 Å². The molecular formula is C12H21N3. The number of rotatable bonds is 6. The van der Waals surface area contributed by atoms with Crippen LogP contribution in [-0.4, -0.2) is 36.6 Å². The van der Waals surface area contributed by atoms with Crippen LogP contribution in [0.5, 0.6) is 0 Å². The molecule has 1 rings (SSSR count). The maximum Gasteiger partial charge on any atom is 0.0416 e. The maximum absolute atomic E-state index is 5.59. The van der Waals surface area contributed by atoms with E-state index in [0.717, 1.165) is 31.7 Å². The second-order valence-electron chi connectivity index (χ2n) is 4.17. The zero-order valence-electron chi connectivity index (χ0n) is 9.69. The Bertz CT molecular complexity index is 261. The molecule has 1 heterocycles. The highest BCUT2D eigenvalue weighted by atomic mass is 15.1. The summed E-state index contributed by atoms with van der Waals surface area (Å²) in [5.41, 5.74) is 6.75. The second kappa shape index (κ2) is 6.53. The summed E-state index contributed by atoms with van der Waals surface area (Å²) in [7, 11) is 2.13. The first-order chi connectivity index (χ1) is 7.22. The molecule has 1 unspecified atom stereocenters. The van der Waals surface area contributed by atoms with Crippen molar-refractivity contribution in [3.63, 3.8) is 0 Å². The Labute approximate surface area is 92.3 Å². The quantitative estimate of drug-likeness (QED) is 0.761. The van der Waals surface area contributed by atoms with Crippen molar-refractivity contribution in [2.24, 2.45) is 11.7 Å². The van der Waals surface area contributed by atoms with Crippen molar-refractivity contribution >= 4 is 0 Å². The predicted octanol–water partition coefficient (Wildman–Crippen LogP) is 1.15. The minimum Gasteiger partial charge on any atom is -0.330 e. The Morgan fingerprint density at radius 2 is 2.27 bits per heavy atom. The summed E-state index contributed by atoms with van der Waals surface area (Å²) in [6, 6.07) is 6.05. The third kappa shape index (κ3) is 4.91. The van der Waals surface area contributed by atoms with Gasteiger partial charge in [-0.2, -0.15) is 0 Å². The van der Waals surface area contributed by atoms with Crippen molar-refractivity contribution in [3.8, 4) is 0 Å². The van der Waals surface area contributed by atoms with Gasteiger partial charge in [0.05, 0.1) is 0 Å². The van der Waals surface area contributed by atoms with E-state index >= 15 is 0 Å². The zero-order valence-corrected chi connectivity index (χ0v) is 9.69. The molecule has 0 bridgehead atoms. The van der Waals surface area contributed by atoms with Gasteiger partial charge < -0.3 is 10.6 Å². The highest BCUT2D eigenvalue weighted by Gasteiger charge is 2.04. The lowest BCUT2D eigenvalue weighted by Crippen LogP contribution is -2.30. The van der Waals surface area contributed by atoms with Gasteiger partial charge in [0.2, 0.25) is 0 Å². The van der Waals surface area contributed by atoms with E-state index in [0.29, 0.717) is 5.92 Å². The molecular weight excluding hydrogens is 186 g/mol. The lowest BCUT2D eigenvalue weighted by Gasteiger charge is -2.19. The van der Waals surface area contributed by atoms with E-state index in [1.165, 1.54) is 0 Å². The van der Waals surface area contributed by atoms with E-state index < -0.39 is 0 Å². The van der Waals surface area contributed by atoms with Gasteiger partial charge in [-0.1, -0.05) is 13.0 Å². The SMILES string of the molecule is CC(CN)CN(C)CCc1ccccn1. The number of aromatic nitrogens is 1. The third-order valence-electron chi connectivity index (χ3n) is 2.50. The van der Waals surface area contributed by atoms with Crippen LogP contribution in [0.25, 0.3) is 0 Å². The first kappa shape index (κ1) is 12.1.